The zero-order chi connectivity index (χ0) is 24.0. The summed E-state index contributed by atoms with van der Waals surface area (Å²) < 4.78 is 7.64. The average molecular weight is 486 g/mol. The van der Waals surface area contributed by atoms with E-state index in [4.69, 9.17) is 4.74 Å². The van der Waals surface area contributed by atoms with Gasteiger partial charge in [-0.3, -0.25) is 9.36 Å². The minimum atomic E-state index is -0.121. The number of hydrogen-bond acceptors (Lipinski definition) is 6. The lowest BCUT2D eigenvalue weighted by atomic mass is 10.1. The fourth-order valence-corrected chi connectivity index (χ4v) is 4.77. The van der Waals surface area contributed by atoms with Gasteiger partial charge in [-0.1, -0.05) is 59.8 Å². The smallest absolute Gasteiger partial charge is 0.255 e. The van der Waals surface area contributed by atoms with E-state index in [0.717, 1.165) is 41.1 Å². The number of hydrogen-bond donors (Lipinski definition) is 1. The number of thioether (sulfide) groups is 1. The van der Waals surface area contributed by atoms with E-state index in [1.165, 1.54) is 5.56 Å². The molecule has 0 atom stereocenters. The molecule has 1 aliphatic rings. The highest BCUT2D eigenvalue weighted by Gasteiger charge is 2.22. The van der Waals surface area contributed by atoms with Crippen LogP contribution in [0.2, 0.25) is 0 Å². The van der Waals surface area contributed by atoms with E-state index >= 15 is 0 Å². The predicted octanol–water partition coefficient (Wildman–Crippen LogP) is 4.96. The van der Waals surface area contributed by atoms with E-state index < -0.39 is 0 Å². The van der Waals surface area contributed by atoms with Crippen LogP contribution < -0.4 is 10.2 Å². The molecular weight excluding hydrogens is 458 g/mol. The number of para-hydroxylation sites is 1. The van der Waals surface area contributed by atoms with Crippen molar-refractivity contribution in [1.82, 2.24) is 14.8 Å². The van der Waals surface area contributed by atoms with Crippen LogP contribution in [0.15, 0.2) is 84.0 Å². The SMILES string of the molecule is Cc1ccc(-n2c(SCc3ccc(C(=O)Nc4ccccc4)cc3)nnc2N2CCOCC2)cc1. The first-order valence-electron chi connectivity index (χ1n) is 11.6. The lowest BCUT2D eigenvalue weighted by Crippen LogP contribution is -2.37. The van der Waals surface area contributed by atoms with Crippen molar-refractivity contribution in [3.05, 3.63) is 95.6 Å². The van der Waals surface area contributed by atoms with Gasteiger partial charge in [0, 0.05) is 30.1 Å². The van der Waals surface area contributed by atoms with Gasteiger partial charge < -0.3 is 15.0 Å². The summed E-state index contributed by atoms with van der Waals surface area (Å²) in [4.78, 5) is 14.8. The lowest BCUT2D eigenvalue weighted by molar-refractivity contribution is 0.102. The summed E-state index contributed by atoms with van der Waals surface area (Å²) in [6.45, 7) is 5.04. The Hall–Kier alpha value is -3.62. The van der Waals surface area contributed by atoms with Crippen molar-refractivity contribution < 1.29 is 9.53 Å². The molecule has 2 heterocycles. The van der Waals surface area contributed by atoms with E-state index in [0.29, 0.717) is 24.5 Å². The Balaban J connectivity index is 1.31. The third kappa shape index (κ3) is 5.55. The number of ether oxygens (including phenoxy) is 1. The summed E-state index contributed by atoms with van der Waals surface area (Å²) in [6, 6.07) is 25.6. The number of aromatic nitrogens is 3. The molecule has 0 unspecified atom stereocenters. The highest BCUT2D eigenvalue weighted by Crippen LogP contribution is 2.29. The second kappa shape index (κ2) is 10.8. The number of amides is 1. The summed E-state index contributed by atoms with van der Waals surface area (Å²) in [5.41, 5.74) is 4.76. The van der Waals surface area contributed by atoms with Crippen LogP contribution in [-0.2, 0) is 10.5 Å². The standard InChI is InChI=1S/C27H27N5O2S/c1-20-7-13-24(14-8-20)32-26(31-15-17-34-18-16-31)29-30-27(32)35-19-21-9-11-22(12-10-21)25(33)28-23-5-3-2-4-6-23/h2-14H,15-19H2,1H3,(H,28,33). The van der Waals surface area contributed by atoms with Gasteiger partial charge in [-0.2, -0.15) is 0 Å². The molecule has 1 aliphatic heterocycles. The molecule has 0 spiro atoms. The molecule has 3 aromatic carbocycles. The molecule has 35 heavy (non-hydrogen) atoms. The zero-order valence-electron chi connectivity index (χ0n) is 19.6. The Bertz CT molecular complexity index is 1270. The molecule has 1 fully saturated rings. The topological polar surface area (TPSA) is 72.3 Å². The van der Waals surface area contributed by atoms with Crippen molar-refractivity contribution in [2.24, 2.45) is 0 Å². The number of aryl methyl sites for hydroxylation is 1. The van der Waals surface area contributed by atoms with Gasteiger partial charge in [0.15, 0.2) is 5.16 Å². The van der Waals surface area contributed by atoms with E-state index in [-0.39, 0.29) is 5.91 Å². The number of benzene rings is 3. The normalized spacial score (nSPS) is 13.6. The van der Waals surface area contributed by atoms with Crippen LogP contribution in [0.4, 0.5) is 11.6 Å². The minimum absolute atomic E-state index is 0.121. The molecule has 0 radical (unpaired) electrons. The Labute approximate surface area is 209 Å². The molecule has 0 bridgehead atoms. The number of anilines is 2. The van der Waals surface area contributed by atoms with Gasteiger partial charge in [-0.25, -0.2) is 0 Å². The van der Waals surface area contributed by atoms with Crippen LogP contribution in [0.25, 0.3) is 5.69 Å². The molecule has 7 nitrogen and oxygen atoms in total. The van der Waals surface area contributed by atoms with Gasteiger partial charge in [-0.05, 0) is 48.9 Å². The second-order valence-electron chi connectivity index (χ2n) is 8.36. The number of carbonyl (C=O) groups is 1. The summed E-state index contributed by atoms with van der Waals surface area (Å²) in [5, 5.41) is 12.8. The maximum Gasteiger partial charge on any atom is 0.255 e. The van der Waals surface area contributed by atoms with E-state index in [1.807, 2.05) is 54.6 Å². The third-order valence-corrected chi connectivity index (χ3v) is 6.82. The van der Waals surface area contributed by atoms with Crippen LogP contribution in [0.1, 0.15) is 21.5 Å². The van der Waals surface area contributed by atoms with E-state index in [2.05, 4.69) is 56.2 Å². The first-order chi connectivity index (χ1) is 17.2. The number of nitrogens with one attached hydrogen (secondary N) is 1. The lowest BCUT2D eigenvalue weighted by Gasteiger charge is -2.28. The van der Waals surface area contributed by atoms with Gasteiger partial charge >= 0.3 is 0 Å². The van der Waals surface area contributed by atoms with E-state index in [9.17, 15) is 4.79 Å². The summed E-state index contributed by atoms with van der Waals surface area (Å²) in [6.07, 6.45) is 0. The number of nitrogens with zero attached hydrogens (tertiary/aromatic N) is 4. The van der Waals surface area contributed by atoms with Gasteiger partial charge in [0.05, 0.1) is 18.9 Å². The first-order valence-corrected chi connectivity index (χ1v) is 12.6. The van der Waals surface area contributed by atoms with Crippen molar-refractivity contribution in [2.75, 3.05) is 36.5 Å². The maximum absolute atomic E-state index is 12.5. The highest BCUT2D eigenvalue weighted by atomic mass is 32.2. The van der Waals surface area contributed by atoms with Crippen molar-refractivity contribution in [2.45, 2.75) is 17.8 Å². The van der Waals surface area contributed by atoms with Gasteiger partial charge in [-0.15, -0.1) is 10.2 Å². The van der Waals surface area contributed by atoms with Gasteiger partial charge in [0.2, 0.25) is 5.95 Å². The average Bonchev–Trinajstić information content (AvgIpc) is 3.33. The molecule has 0 aliphatic carbocycles. The maximum atomic E-state index is 12.5. The minimum Gasteiger partial charge on any atom is -0.378 e. The van der Waals surface area contributed by atoms with Crippen LogP contribution >= 0.6 is 11.8 Å². The van der Waals surface area contributed by atoms with Crippen molar-refractivity contribution >= 4 is 29.3 Å². The summed E-state index contributed by atoms with van der Waals surface area (Å²) in [5.74, 6) is 1.44. The fraction of sp³-hybridized carbons (Fsp3) is 0.222. The predicted molar refractivity (Wildman–Crippen MR) is 140 cm³/mol. The molecule has 178 valence electrons. The molecule has 8 heteroatoms. The largest absolute Gasteiger partial charge is 0.378 e. The van der Waals surface area contributed by atoms with Crippen molar-refractivity contribution in [3.63, 3.8) is 0 Å². The summed E-state index contributed by atoms with van der Waals surface area (Å²) >= 11 is 1.63. The van der Waals surface area contributed by atoms with Crippen LogP contribution in [0, 0.1) is 6.92 Å². The molecular formula is C27H27N5O2S. The van der Waals surface area contributed by atoms with Crippen molar-refractivity contribution in [1.29, 1.82) is 0 Å². The fourth-order valence-electron chi connectivity index (χ4n) is 3.87. The quantitative estimate of drug-likeness (QED) is 0.373. The molecule has 1 saturated heterocycles. The monoisotopic (exact) mass is 485 g/mol. The number of carbonyl (C=O) groups excluding carboxylic acids is 1. The Kier molecular flexibility index (Phi) is 7.11. The van der Waals surface area contributed by atoms with Crippen LogP contribution in [0.3, 0.4) is 0 Å². The zero-order valence-corrected chi connectivity index (χ0v) is 20.4. The third-order valence-electron chi connectivity index (χ3n) is 5.82. The van der Waals surface area contributed by atoms with E-state index in [1.54, 1.807) is 11.8 Å². The molecule has 1 aromatic heterocycles. The highest BCUT2D eigenvalue weighted by molar-refractivity contribution is 7.98. The Morgan fingerprint density at radius 3 is 2.37 bits per heavy atom. The molecule has 0 saturated carbocycles. The van der Waals surface area contributed by atoms with Crippen molar-refractivity contribution in [3.8, 4) is 5.69 Å². The number of morpholine rings is 1. The molecule has 5 rings (SSSR count). The molecule has 4 aromatic rings. The Morgan fingerprint density at radius 2 is 1.66 bits per heavy atom. The second-order valence-corrected chi connectivity index (χ2v) is 9.30. The summed E-state index contributed by atoms with van der Waals surface area (Å²) in [7, 11) is 0. The van der Waals surface area contributed by atoms with Gasteiger partial charge in [0.1, 0.15) is 0 Å². The number of rotatable bonds is 7. The molecule has 1 amide bonds. The van der Waals surface area contributed by atoms with Crippen LogP contribution in [0.5, 0.6) is 0 Å². The van der Waals surface area contributed by atoms with Crippen LogP contribution in [-0.4, -0.2) is 47.0 Å². The van der Waals surface area contributed by atoms with Gasteiger partial charge in [0.25, 0.3) is 5.91 Å². The molecule has 1 N–H and O–H groups in total. The Morgan fingerprint density at radius 1 is 0.943 bits per heavy atom. The first kappa shape index (κ1) is 23.1.